The van der Waals surface area contributed by atoms with E-state index in [-0.39, 0.29) is 0 Å². The van der Waals surface area contributed by atoms with E-state index in [0.717, 1.165) is 12.8 Å². The third-order valence-electron chi connectivity index (χ3n) is 3.79. The summed E-state index contributed by atoms with van der Waals surface area (Å²) in [6.45, 7) is 5.93. The van der Waals surface area contributed by atoms with Crippen LogP contribution in [0.1, 0.15) is 58.8 Å². The third kappa shape index (κ3) is 6.39. The largest absolute Gasteiger partial charge is 0.396 e. The monoisotopic (exact) mass is 242 g/mol. The summed E-state index contributed by atoms with van der Waals surface area (Å²) in [6, 6.07) is 1.70. The molecule has 1 aliphatic rings. The molecule has 3 unspecified atom stereocenters. The van der Waals surface area contributed by atoms with Gasteiger partial charge >= 0.3 is 0 Å². The first-order chi connectivity index (χ1) is 8.26. The molecular weight excluding hydrogens is 212 g/mol. The number of hydrogen-bond donors (Lipinski definition) is 3. The molecule has 1 aliphatic heterocycles. The second-order valence-corrected chi connectivity index (χ2v) is 5.42. The van der Waals surface area contributed by atoms with Gasteiger partial charge in [-0.15, -0.1) is 0 Å². The summed E-state index contributed by atoms with van der Waals surface area (Å²) in [6.07, 6.45) is 8.60. The lowest BCUT2D eigenvalue weighted by Gasteiger charge is -2.25. The Labute approximate surface area is 106 Å². The second-order valence-electron chi connectivity index (χ2n) is 5.42. The molecule has 3 N–H and O–H groups in total. The smallest absolute Gasteiger partial charge is 0.0445 e. The average molecular weight is 242 g/mol. The molecular formula is C14H30N2O. The van der Waals surface area contributed by atoms with Crippen molar-refractivity contribution in [3.63, 3.8) is 0 Å². The van der Waals surface area contributed by atoms with Gasteiger partial charge in [0.25, 0.3) is 0 Å². The van der Waals surface area contributed by atoms with Gasteiger partial charge in [-0.3, -0.25) is 0 Å². The Kier molecular flexibility index (Phi) is 7.82. The molecule has 1 rings (SSSR count). The Bertz CT molecular complexity index is 179. The summed E-state index contributed by atoms with van der Waals surface area (Å²) in [4.78, 5) is 0. The van der Waals surface area contributed by atoms with Crippen molar-refractivity contribution in [3.8, 4) is 0 Å². The van der Waals surface area contributed by atoms with Gasteiger partial charge in [-0.05, 0) is 45.6 Å². The molecule has 3 heteroatoms. The molecule has 0 radical (unpaired) electrons. The van der Waals surface area contributed by atoms with E-state index in [1.807, 2.05) is 0 Å². The SMILES string of the molecule is CCC(CCO)NC(C)CC1CCCCCN1. The van der Waals surface area contributed by atoms with Gasteiger partial charge in [0.05, 0.1) is 0 Å². The zero-order valence-corrected chi connectivity index (χ0v) is 11.5. The van der Waals surface area contributed by atoms with E-state index in [2.05, 4.69) is 24.5 Å². The Morgan fingerprint density at radius 2 is 2.18 bits per heavy atom. The van der Waals surface area contributed by atoms with E-state index < -0.39 is 0 Å². The van der Waals surface area contributed by atoms with Crippen LogP contribution in [0.4, 0.5) is 0 Å². The average Bonchev–Trinajstić information content (AvgIpc) is 2.57. The highest BCUT2D eigenvalue weighted by atomic mass is 16.3. The van der Waals surface area contributed by atoms with Gasteiger partial charge in [-0.1, -0.05) is 19.8 Å². The zero-order chi connectivity index (χ0) is 12.5. The van der Waals surface area contributed by atoms with Crippen molar-refractivity contribution in [2.24, 2.45) is 0 Å². The molecule has 0 aromatic carbocycles. The van der Waals surface area contributed by atoms with Crippen molar-refractivity contribution >= 4 is 0 Å². The van der Waals surface area contributed by atoms with Crippen molar-refractivity contribution in [2.45, 2.75) is 76.9 Å². The molecule has 0 aromatic rings. The molecule has 1 saturated heterocycles. The van der Waals surface area contributed by atoms with Gasteiger partial charge in [-0.2, -0.15) is 0 Å². The fourth-order valence-corrected chi connectivity index (χ4v) is 2.76. The highest BCUT2D eigenvalue weighted by Gasteiger charge is 2.16. The minimum absolute atomic E-state index is 0.292. The van der Waals surface area contributed by atoms with E-state index in [4.69, 9.17) is 5.11 Å². The van der Waals surface area contributed by atoms with Crippen LogP contribution in [0.2, 0.25) is 0 Å². The summed E-state index contributed by atoms with van der Waals surface area (Å²) in [5, 5.41) is 16.3. The Morgan fingerprint density at radius 3 is 2.88 bits per heavy atom. The fourth-order valence-electron chi connectivity index (χ4n) is 2.76. The lowest BCUT2D eigenvalue weighted by molar-refractivity contribution is 0.252. The summed E-state index contributed by atoms with van der Waals surface area (Å²) < 4.78 is 0. The first-order valence-electron chi connectivity index (χ1n) is 7.36. The van der Waals surface area contributed by atoms with Crippen molar-refractivity contribution in [3.05, 3.63) is 0 Å². The van der Waals surface area contributed by atoms with Crippen molar-refractivity contribution in [1.29, 1.82) is 0 Å². The fraction of sp³-hybridized carbons (Fsp3) is 1.00. The summed E-state index contributed by atoms with van der Waals surface area (Å²) in [5.74, 6) is 0. The molecule has 102 valence electrons. The lowest BCUT2D eigenvalue weighted by atomic mass is 10.0. The van der Waals surface area contributed by atoms with Crippen LogP contribution in [0, 0.1) is 0 Å². The molecule has 1 heterocycles. The van der Waals surface area contributed by atoms with Crippen LogP contribution in [-0.4, -0.2) is 36.4 Å². The summed E-state index contributed by atoms with van der Waals surface area (Å²) >= 11 is 0. The molecule has 3 atom stereocenters. The van der Waals surface area contributed by atoms with E-state index in [1.54, 1.807) is 0 Å². The molecule has 0 aromatic heterocycles. The van der Waals surface area contributed by atoms with Gasteiger partial charge in [0, 0.05) is 24.7 Å². The number of aliphatic hydroxyl groups excluding tert-OH is 1. The topological polar surface area (TPSA) is 44.3 Å². The van der Waals surface area contributed by atoms with Crippen molar-refractivity contribution in [2.75, 3.05) is 13.2 Å². The second kappa shape index (κ2) is 8.90. The van der Waals surface area contributed by atoms with Crippen LogP contribution >= 0.6 is 0 Å². The highest BCUT2D eigenvalue weighted by molar-refractivity contribution is 4.78. The molecule has 1 fully saturated rings. The molecule has 0 aliphatic carbocycles. The van der Waals surface area contributed by atoms with Crippen LogP contribution in [0.25, 0.3) is 0 Å². The van der Waals surface area contributed by atoms with Crippen LogP contribution in [0.5, 0.6) is 0 Å². The minimum atomic E-state index is 0.292. The standard InChI is InChI=1S/C14H30N2O/c1-3-13(8-10-17)16-12(2)11-14-7-5-4-6-9-15-14/h12-17H,3-11H2,1-2H3. The summed E-state index contributed by atoms with van der Waals surface area (Å²) in [7, 11) is 0. The van der Waals surface area contributed by atoms with E-state index in [1.165, 1.54) is 38.6 Å². The first kappa shape index (κ1) is 14.9. The van der Waals surface area contributed by atoms with Crippen molar-refractivity contribution in [1.82, 2.24) is 10.6 Å². The van der Waals surface area contributed by atoms with Crippen molar-refractivity contribution < 1.29 is 5.11 Å². The Morgan fingerprint density at radius 1 is 1.35 bits per heavy atom. The van der Waals surface area contributed by atoms with E-state index >= 15 is 0 Å². The molecule has 3 nitrogen and oxygen atoms in total. The molecule has 0 amide bonds. The maximum Gasteiger partial charge on any atom is 0.0445 e. The molecule has 0 saturated carbocycles. The van der Waals surface area contributed by atoms with Gasteiger partial charge < -0.3 is 15.7 Å². The normalized spacial score (nSPS) is 25.2. The third-order valence-corrected chi connectivity index (χ3v) is 3.79. The predicted octanol–water partition coefficient (Wildman–Crippen LogP) is 2.05. The minimum Gasteiger partial charge on any atom is -0.396 e. The molecule has 0 spiro atoms. The van der Waals surface area contributed by atoms with Crippen LogP contribution in [0.15, 0.2) is 0 Å². The zero-order valence-electron chi connectivity index (χ0n) is 11.5. The quantitative estimate of drug-likeness (QED) is 0.640. The molecule has 17 heavy (non-hydrogen) atoms. The van der Waals surface area contributed by atoms with Gasteiger partial charge in [0.2, 0.25) is 0 Å². The lowest BCUT2D eigenvalue weighted by Crippen LogP contribution is -2.41. The van der Waals surface area contributed by atoms with Crippen LogP contribution in [0.3, 0.4) is 0 Å². The maximum absolute atomic E-state index is 8.99. The highest BCUT2D eigenvalue weighted by Crippen LogP contribution is 2.13. The number of hydrogen-bond acceptors (Lipinski definition) is 3. The Hall–Kier alpha value is -0.120. The first-order valence-corrected chi connectivity index (χ1v) is 7.36. The summed E-state index contributed by atoms with van der Waals surface area (Å²) in [5.41, 5.74) is 0. The Balaban J connectivity index is 2.23. The van der Waals surface area contributed by atoms with Gasteiger partial charge in [0.1, 0.15) is 0 Å². The predicted molar refractivity (Wildman–Crippen MR) is 73.3 cm³/mol. The van der Waals surface area contributed by atoms with E-state index in [9.17, 15) is 0 Å². The van der Waals surface area contributed by atoms with Gasteiger partial charge in [0.15, 0.2) is 0 Å². The molecule has 0 bridgehead atoms. The number of aliphatic hydroxyl groups is 1. The van der Waals surface area contributed by atoms with Crippen LogP contribution in [-0.2, 0) is 0 Å². The van der Waals surface area contributed by atoms with Crippen LogP contribution < -0.4 is 10.6 Å². The maximum atomic E-state index is 8.99. The van der Waals surface area contributed by atoms with E-state index in [0.29, 0.717) is 24.7 Å². The number of rotatable bonds is 7. The van der Waals surface area contributed by atoms with Gasteiger partial charge in [-0.25, -0.2) is 0 Å². The number of nitrogens with one attached hydrogen (secondary N) is 2.